The molecule has 0 aliphatic heterocycles. The van der Waals surface area contributed by atoms with Gasteiger partial charge in [0.2, 0.25) is 0 Å². The molecule has 0 saturated heterocycles. The van der Waals surface area contributed by atoms with Crippen LogP contribution in [0.3, 0.4) is 0 Å². The summed E-state index contributed by atoms with van der Waals surface area (Å²) < 4.78 is 27.3. The third kappa shape index (κ3) is 1.87. The van der Waals surface area contributed by atoms with E-state index in [2.05, 4.69) is 0 Å². The molecule has 0 aromatic carbocycles. The van der Waals surface area contributed by atoms with Crippen LogP contribution >= 0.6 is 0 Å². The van der Waals surface area contributed by atoms with E-state index in [9.17, 15) is 8.78 Å². The fraction of sp³-hybridized carbons (Fsp3) is 0.500. The summed E-state index contributed by atoms with van der Waals surface area (Å²) in [4.78, 5) is 0. The Morgan fingerprint density at radius 2 is 2.31 bits per heavy atom. The lowest BCUT2D eigenvalue weighted by atomic mass is 10.1. The Morgan fingerprint density at radius 1 is 1.69 bits per heavy atom. The summed E-state index contributed by atoms with van der Waals surface area (Å²) in [6, 6.07) is 1.68. The number of nitrogens with two attached hydrogens (primary N) is 1. The van der Waals surface area contributed by atoms with Crippen LogP contribution in [0.5, 0.6) is 0 Å². The Morgan fingerprint density at radius 3 is 2.69 bits per heavy atom. The van der Waals surface area contributed by atoms with Gasteiger partial charge in [0, 0.05) is 18.9 Å². The number of aryl methyl sites for hydroxylation is 1. The topological polar surface area (TPSA) is 51.2 Å². The van der Waals surface area contributed by atoms with Gasteiger partial charge in [-0.2, -0.15) is 0 Å². The van der Waals surface area contributed by atoms with Gasteiger partial charge in [0.05, 0.1) is 0 Å². The summed E-state index contributed by atoms with van der Waals surface area (Å²) in [6.45, 7) is -1.24. The first-order chi connectivity index (χ1) is 5.99. The molecule has 1 atom stereocenters. The molecule has 0 bridgehead atoms. The molecule has 0 aliphatic rings. The maximum absolute atomic E-state index is 12.9. The molecular formula is C8H12F2N2O. The number of alkyl halides is 2. The number of hydrogen-bond donors (Lipinski definition) is 2. The minimum Gasteiger partial charge on any atom is -0.390 e. The largest absolute Gasteiger partial charge is 0.390 e. The van der Waals surface area contributed by atoms with Crippen LogP contribution in [0.4, 0.5) is 8.78 Å². The van der Waals surface area contributed by atoms with Crippen LogP contribution in [0, 0.1) is 0 Å². The fourth-order valence-corrected chi connectivity index (χ4v) is 1.11. The Labute approximate surface area is 74.8 Å². The van der Waals surface area contributed by atoms with E-state index < -0.39 is 18.6 Å². The molecule has 1 aromatic heterocycles. The highest BCUT2D eigenvalue weighted by molar-refractivity contribution is 5.13. The Hall–Kier alpha value is -0.940. The summed E-state index contributed by atoms with van der Waals surface area (Å²) in [5, 5.41) is 8.41. The van der Waals surface area contributed by atoms with E-state index in [0.29, 0.717) is 5.69 Å². The number of aliphatic hydroxyl groups is 1. The Balaban J connectivity index is 2.91. The molecule has 3 nitrogen and oxygen atoms in total. The molecule has 3 N–H and O–H groups in total. The minimum atomic E-state index is -3.27. The fourth-order valence-electron chi connectivity index (χ4n) is 1.11. The van der Waals surface area contributed by atoms with Gasteiger partial charge >= 0.3 is 0 Å². The van der Waals surface area contributed by atoms with Gasteiger partial charge in [-0.25, -0.2) is 8.78 Å². The van der Waals surface area contributed by atoms with E-state index >= 15 is 0 Å². The Bertz CT molecular complexity index is 285. The van der Waals surface area contributed by atoms with E-state index in [1.807, 2.05) is 0 Å². The molecular weight excluding hydrogens is 178 g/mol. The predicted molar refractivity (Wildman–Crippen MR) is 44.4 cm³/mol. The van der Waals surface area contributed by atoms with Gasteiger partial charge < -0.3 is 15.4 Å². The zero-order valence-electron chi connectivity index (χ0n) is 7.24. The van der Waals surface area contributed by atoms with Crippen molar-refractivity contribution in [1.29, 1.82) is 0 Å². The molecule has 1 heterocycles. The van der Waals surface area contributed by atoms with Crippen molar-refractivity contribution in [3.63, 3.8) is 0 Å². The highest BCUT2D eigenvalue weighted by atomic mass is 19.3. The zero-order chi connectivity index (χ0) is 10.1. The summed E-state index contributed by atoms with van der Waals surface area (Å²) in [7, 11) is 1.63. The second kappa shape index (κ2) is 3.43. The van der Waals surface area contributed by atoms with Crippen LogP contribution in [0.2, 0.25) is 0 Å². The molecule has 5 heteroatoms. The van der Waals surface area contributed by atoms with E-state index in [1.165, 1.54) is 10.6 Å². The lowest BCUT2D eigenvalue weighted by Gasteiger charge is -2.21. The monoisotopic (exact) mass is 190 g/mol. The van der Waals surface area contributed by atoms with Crippen molar-refractivity contribution < 1.29 is 13.9 Å². The van der Waals surface area contributed by atoms with Gasteiger partial charge in [-0.1, -0.05) is 0 Å². The second-order valence-electron chi connectivity index (χ2n) is 2.94. The number of rotatable bonds is 3. The van der Waals surface area contributed by atoms with Crippen LogP contribution in [0.1, 0.15) is 11.7 Å². The standard InChI is InChI=1S/C8H12F2N2O/c1-12-4-2-3-6(12)7(11)8(9,10)5-13/h2-4,7,13H,5,11H2,1H3/t7-/m0/s1. The van der Waals surface area contributed by atoms with Gasteiger partial charge in [0.25, 0.3) is 5.92 Å². The number of halogens is 2. The average molecular weight is 190 g/mol. The normalized spacial score (nSPS) is 14.5. The van der Waals surface area contributed by atoms with Gasteiger partial charge in [0.1, 0.15) is 12.6 Å². The molecule has 0 saturated carbocycles. The van der Waals surface area contributed by atoms with E-state index in [4.69, 9.17) is 10.8 Å². The van der Waals surface area contributed by atoms with Crippen LogP contribution in [-0.4, -0.2) is 22.2 Å². The first-order valence-electron chi connectivity index (χ1n) is 3.84. The first-order valence-corrected chi connectivity index (χ1v) is 3.84. The highest BCUT2D eigenvalue weighted by Gasteiger charge is 2.38. The maximum Gasteiger partial charge on any atom is 0.290 e. The van der Waals surface area contributed by atoms with Crippen LogP contribution in [-0.2, 0) is 7.05 Å². The summed E-state index contributed by atoms with van der Waals surface area (Å²) in [6.07, 6.45) is 1.63. The van der Waals surface area contributed by atoms with Gasteiger partial charge in [-0.3, -0.25) is 0 Å². The third-order valence-electron chi connectivity index (χ3n) is 1.97. The minimum absolute atomic E-state index is 0.305. The third-order valence-corrected chi connectivity index (χ3v) is 1.97. The number of aliphatic hydroxyl groups excluding tert-OH is 1. The SMILES string of the molecule is Cn1cccc1[C@H](N)C(F)(F)CO. The van der Waals surface area contributed by atoms with Crippen molar-refractivity contribution in [2.75, 3.05) is 6.61 Å². The molecule has 1 aromatic rings. The molecule has 0 spiro atoms. The van der Waals surface area contributed by atoms with Crippen molar-refractivity contribution in [3.05, 3.63) is 24.0 Å². The molecule has 0 fully saturated rings. The number of aromatic nitrogens is 1. The van der Waals surface area contributed by atoms with Crippen molar-refractivity contribution in [1.82, 2.24) is 4.57 Å². The molecule has 13 heavy (non-hydrogen) atoms. The predicted octanol–water partition coefficient (Wildman–Crippen LogP) is 0.653. The molecule has 0 amide bonds. The lowest BCUT2D eigenvalue weighted by molar-refractivity contribution is -0.0726. The molecule has 74 valence electrons. The quantitative estimate of drug-likeness (QED) is 0.735. The van der Waals surface area contributed by atoms with E-state index in [-0.39, 0.29) is 0 Å². The average Bonchev–Trinajstić information content (AvgIpc) is 2.50. The summed E-state index contributed by atoms with van der Waals surface area (Å²) >= 11 is 0. The lowest BCUT2D eigenvalue weighted by Crippen LogP contribution is -2.37. The van der Waals surface area contributed by atoms with Crippen molar-refractivity contribution >= 4 is 0 Å². The van der Waals surface area contributed by atoms with Crippen molar-refractivity contribution in [2.24, 2.45) is 12.8 Å². The van der Waals surface area contributed by atoms with Crippen molar-refractivity contribution in [2.45, 2.75) is 12.0 Å². The molecule has 1 rings (SSSR count). The van der Waals surface area contributed by atoms with E-state index in [1.54, 1.807) is 19.3 Å². The molecule has 0 unspecified atom stereocenters. The Kier molecular flexibility index (Phi) is 2.68. The molecule has 0 aliphatic carbocycles. The van der Waals surface area contributed by atoms with Gasteiger partial charge in [-0.05, 0) is 12.1 Å². The highest BCUT2D eigenvalue weighted by Crippen LogP contribution is 2.28. The number of nitrogens with zero attached hydrogens (tertiary/aromatic N) is 1. The second-order valence-corrected chi connectivity index (χ2v) is 2.94. The van der Waals surface area contributed by atoms with Crippen LogP contribution in [0.25, 0.3) is 0 Å². The van der Waals surface area contributed by atoms with Crippen LogP contribution in [0.15, 0.2) is 18.3 Å². The van der Waals surface area contributed by atoms with Crippen molar-refractivity contribution in [3.8, 4) is 0 Å². The zero-order valence-corrected chi connectivity index (χ0v) is 7.24. The summed E-state index contributed by atoms with van der Waals surface area (Å²) in [5.41, 5.74) is 5.60. The van der Waals surface area contributed by atoms with Gasteiger partial charge in [-0.15, -0.1) is 0 Å². The van der Waals surface area contributed by atoms with Crippen LogP contribution < -0.4 is 5.73 Å². The summed E-state index contributed by atoms with van der Waals surface area (Å²) in [5.74, 6) is -3.27. The first kappa shape index (κ1) is 10.1. The smallest absolute Gasteiger partial charge is 0.290 e. The molecule has 0 radical (unpaired) electrons. The number of hydrogen-bond acceptors (Lipinski definition) is 2. The van der Waals surface area contributed by atoms with Gasteiger partial charge in [0.15, 0.2) is 0 Å². The maximum atomic E-state index is 12.9. The van der Waals surface area contributed by atoms with E-state index in [0.717, 1.165) is 0 Å².